The summed E-state index contributed by atoms with van der Waals surface area (Å²) in [5, 5.41) is 11.8. The predicted molar refractivity (Wildman–Crippen MR) is 108 cm³/mol. The van der Waals surface area contributed by atoms with Crippen LogP contribution in [0.3, 0.4) is 0 Å². The van der Waals surface area contributed by atoms with Gasteiger partial charge in [0.25, 0.3) is 0 Å². The number of fused-ring (bicyclic) bond motifs is 1. The number of hydrogen-bond acceptors (Lipinski definition) is 2. The van der Waals surface area contributed by atoms with E-state index in [0.717, 1.165) is 22.0 Å². The highest BCUT2D eigenvalue weighted by Crippen LogP contribution is 2.35. The van der Waals surface area contributed by atoms with Gasteiger partial charge in [0.15, 0.2) is 0 Å². The number of pyridine rings is 1. The van der Waals surface area contributed by atoms with Gasteiger partial charge in [0.05, 0.1) is 10.0 Å². The standard InChI is InChI=1S/C21H14Cl2N2O2/c22-16-6-5-13(11-17(16)23)12-25-18-4-2-1-3-15(18)19(20(25)21(26)27)14-7-9-24-10-8-14/h1-11H,12H2,(H,26,27). The maximum absolute atomic E-state index is 12.2. The summed E-state index contributed by atoms with van der Waals surface area (Å²) in [5.41, 5.74) is 3.43. The van der Waals surface area contributed by atoms with E-state index in [4.69, 9.17) is 23.2 Å². The molecule has 4 aromatic rings. The number of halogens is 2. The lowest BCUT2D eigenvalue weighted by atomic mass is 10.0. The van der Waals surface area contributed by atoms with Crippen LogP contribution < -0.4 is 0 Å². The molecule has 0 spiro atoms. The van der Waals surface area contributed by atoms with E-state index < -0.39 is 5.97 Å². The normalized spacial score (nSPS) is 11.0. The maximum Gasteiger partial charge on any atom is 0.353 e. The topological polar surface area (TPSA) is 55.1 Å². The van der Waals surface area contributed by atoms with E-state index in [1.54, 1.807) is 29.1 Å². The predicted octanol–water partition coefficient (Wildman–Crippen LogP) is 5.76. The van der Waals surface area contributed by atoms with Crippen LogP contribution in [0, 0.1) is 0 Å². The summed E-state index contributed by atoms with van der Waals surface area (Å²) < 4.78 is 1.80. The maximum atomic E-state index is 12.2. The Balaban J connectivity index is 1.98. The third kappa shape index (κ3) is 3.18. The van der Waals surface area contributed by atoms with Crippen molar-refractivity contribution in [2.75, 3.05) is 0 Å². The first-order valence-corrected chi connectivity index (χ1v) is 9.00. The van der Waals surface area contributed by atoms with E-state index in [2.05, 4.69) is 4.98 Å². The first-order valence-electron chi connectivity index (χ1n) is 8.25. The van der Waals surface area contributed by atoms with Crippen molar-refractivity contribution in [2.45, 2.75) is 6.54 Å². The second-order valence-corrected chi connectivity index (χ2v) is 6.93. The Labute approximate surface area is 165 Å². The molecule has 0 saturated carbocycles. The second-order valence-electron chi connectivity index (χ2n) is 6.12. The van der Waals surface area contributed by atoms with Crippen LogP contribution in [-0.2, 0) is 6.54 Å². The van der Waals surface area contributed by atoms with Gasteiger partial charge in [-0.1, -0.05) is 47.5 Å². The summed E-state index contributed by atoms with van der Waals surface area (Å²) in [6.45, 7) is 0.365. The van der Waals surface area contributed by atoms with Gasteiger partial charge in [-0.2, -0.15) is 0 Å². The highest BCUT2D eigenvalue weighted by Gasteiger charge is 2.23. The zero-order valence-corrected chi connectivity index (χ0v) is 15.6. The van der Waals surface area contributed by atoms with Crippen molar-refractivity contribution >= 4 is 40.1 Å². The van der Waals surface area contributed by atoms with Crippen LogP contribution in [0.15, 0.2) is 67.0 Å². The summed E-state index contributed by atoms with van der Waals surface area (Å²) in [5.74, 6) is -0.988. The third-order valence-corrected chi connectivity index (χ3v) is 5.21. The van der Waals surface area contributed by atoms with E-state index in [1.807, 2.05) is 42.5 Å². The quantitative estimate of drug-likeness (QED) is 0.477. The lowest BCUT2D eigenvalue weighted by molar-refractivity contribution is 0.0687. The van der Waals surface area contributed by atoms with Gasteiger partial charge in [0.1, 0.15) is 5.69 Å². The largest absolute Gasteiger partial charge is 0.477 e. The molecule has 27 heavy (non-hydrogen) atoms. The summed E-state index contributed by atoms with van der Waals surface area (Å²) in [6, 6.07) is 16.6. The average molecular weight is 397 g/mol. The van der Waals surface area contributed by atoms with Gasteiger partial charge < -0.3 is 9.67 Å². The lowest BCUT2D eigenvalue weighted by Crippen LogP contribution is -2.10. The molecule has 1 N–H and O–H groups in total. The number of hydrogen-bond donors (Lipinski definition) is 1. The van der Waals surface area contributed by atoms with Crippen molar-refractivity contribution in [2.24, 2.45) is 0 Å². The smallest absolute Gasteiger partial charge is 0.353 e. The van der Waals surface area contributed by atoms with Gasteiger partial charge in [-0.05, 0) is 41.5 Å². The number of carboxylic acids is 1. The van der Waals surface area contributed by atoms with E-state index in [-0.39, 0.29) is 5.69 Å². The van der Waals surface area contributed by atoms with Crippen LogP contribution in [0.2, 0.25) is 10.0 Å². The van der Waals surface area contributed by atoms with Gasteiger partial charge in [0, 0.05) is 35.4 Å². The zero-order valence-electron chi connectivity index (χ0n) is 14.1. The Kier molecular flexibility index (Phi) is 4.60. The van der Waals surface area contributed by atoms with E-state index >= 15 is 0 Å². The van der Waals surface area contributed by atoms with Gasteiger partial charge >= 0.3 is 5.97 Å². The number of carboxylic acid groups (broad SMARTS) is 1. The van der Waals surface area contributed by atoms with E-state index in [0.29, 0.717) is 22.2 Å². The Morgan fingerprint density at radius 3 is 2.44 bits per heavy atom. The van der Waals surface area contributed by atoms with Crippen LogP contribution in [0.1, 0.15) is 16.1 Å². The Morgan fingerprint density at radius 1 is 1.00 bits per heavy atom. The summed E-state index contributed by atoms with van der Waals surface area (Å²) in [4.78, 5) is 16.2. The third-order valence-electron chi connectivity index (χ3n) is 4.47. The summed E-state index contributed by atoms with van der Waals surface area (Å²) in [7, 11) is 0. The average Bonchev–Trinajstić information content (AvgIpc) is 3.00. The molecule has 4 rings (SSSR count). The summed E-state index contributed by atoms with van der Waals surface area (Å²) in [6.07, 6.45) is 3.32. The number of benzene rings is 2. The minimum Gasteiger partial charge on any atom is -0.477 e. The van der Waals surface area contributed by atoms with Crippen molar-refractivity contribution in [1.29, 1.82) is 0 Å². The Bertz CT molecular complexity index is 1150. The molecule has 134 valence electrons. The molecular weight excluding hydrogens is 383 g/mol. The van der Waals surface area contributed by atoms with Gasteiger partial charge in [0.2, 0.25) is 0 Å². The van der Waals surface area contributed by atoms with E-state index in [9.17, 15) is 9.90 Å². The first-order chi connectivity index (χ1) is 13.1. The monoisotopic (exact) mass is 396 g/mol. The molecular formula is C21H14Cl2N2O2. The number of carbonyl (C=O) groups is 1. The molecule has 0 aliphatic heterocycles. The number of rotatable bonds is 4. The number of nitrogens with zero attached hydrogens (tertiary/aromatic N) is 2. The van der Waals surface area contributed by atoms with Crippen molar-refractivity contribution in [3.05, 3.63) is 88.3 Å². The molecule has 2 heterocycles. The molecule has 2 aromatic heterocycles. The molecule has 0 aliphatic carbocycles. The van der Waals surface area contributed by atoms with Crippen LogP contribution in [0.25, 0.3) is 22.0 Å². The Hall–Kier alpha value is -2.82. The molecule has 0 radical (unpaired) electrons. The zero-order chi connectivity index (χ0) is 19.0. The van der Waals surface area contributed by atoms with Gasteiger partial charge in [-0.15, -0.1) is 0 Å². The lowest BCUT2D eigenvalue weighted by Gasteiger charge is -2.10. The fourth-order valence-corrected chi connectivity index (χ4v) is 3.64. The van der Waals surface area contributed by atoms with Crippen LogP contribution >= 0.6 is 23.2 Å². The Morgan fingerprint density at radius 2 is 1.74 bits per heavy atom. The SMILES string of the molecule is O=C(O)c1c(-c2ccncc2)c2ccccc2n1Cc1ccc(Cl)c(Cl)c1. The molecule has 0 fully saturated rings. The highest BCUT2D eigenvalue weighted by molar-refractivity contribution is 6.42. The number of aromatic nitrogens is 2. The van der Waals surface area contributed by atoms with Gasteiger partial charge in [-0.3, -0.25) is 4.98 Å². The number of para-hydroxylation sites is 1. The van der Waals surface area contributed by atoms with Crippen molar-refractivity contribution < 1.29 is 9.90 Å². The molecule has 4 nitrogen and oxygen atoms in total. The van der Waals surface area contributed by atoms with Crippen LogP contribution in [0.5, 0.6) is 0 Å². The molecule has 6 heteroatoms. The minimum absolute atomic E-state index is 0.230. The minimum atomic E-state index is -0.988. The molecule has 0 amide bonds. The molecule has 0 aliphatic rings. The van der Waals surface area contributed by atoms with Crippen molar-refractivity contribution in [1.82, 2.24) is 9.55 Å². The molecule has 2 aromatic carbocycles. The van der Waals surface area contributed by atoms with E-state index in [1.165, 1.54) is 0 Å². The summed E-state index contributed by atoms with van der Waals surface area (Å²) >= 11 is 12.1. The number of aromatic carboxylic acids is 1. The van der Waals surface area contributed by atoms with Crippen molar-refractivity contribution in [3.63, 3.8) is 0 Å². The molecule has 0 saturated heterocycles. The van der Waals surface area contributed by atoms with Crippen LogP contribution in [-0.4, -0.2) is 20.6 Å². The van der Waals surface area contributed by atoms with Crippen LogP contribution in [0.4, 0.5) is 0 Å². The fourth-order valence-electron chi connectivity index (χ4n) is 3.32. The molecule has 0 unspecified atom stereocenters. The van der Waals surface area contributed by atoms with Crippen molar-refractivity contribution in [3.8, 4) is 11.1 Å². The second kappa shape index (κ2) is 7.06. The van der Waals surface area contributed by atoms with Gasteiger partial charge in [-0.25, -0.2) is 4.79 Å². The molecule has 0 atom stereocenters. The fraction of sp³-hybridized carbons (Fsp3) is 0.0476. The molecule has 0 bridgehead atoms. The highest BCUT2D eigenvalue weighted by atomic mass is 35.5. The first kappa shape index (κ1) is 17.6.